The number of benzene rings is 1. The smallest absolute Gasteiger partial charge is 0.408 e. The van der Waals surface area contributed by atoms with E-state index in [0.29, 0.717) is 24.0 Å². The number of hydrogen-bond donors (Lipinski definition) is 3. The molecule has 0 bridgehead atoms. The highest BCUT2D eigenvalue weighted by Gasteiger charge is 2.62. The van der Waals surface area contributed by atoms with E-state index in [9.17, 15) is 32.4 Å². The van der Waals surface area contributed by atoms with Gasteiger partial charge in [-0.3, -0.25) is 23.9 Å². The Kier molecular flexibility index (Phi) is 11.7. The van der Waals surface area contributed by atoms with Crippen molar-refractivity contribution >= 4 is 50.4 Å². The number of sulfonamides is 1. The lowest BCUT2D eigenvalue weighted by atomic mass is 10.1. The van der Waals surface area contributed by atoms with Crippen molar-refractivity contribution in [1.29, 1.82) is 0 Å². The van der Waals surface area contributed by atoms with Gasteiger partial charge in [-0.25, -0.2) is 18.2 Å². The number of amides is 4. The number of fused-ring (bicyclic) bond motifs is 1. The van der Waals surface area contributed by atoms with Crippen molar-refractivity contribution < 1.29 is 46.6 Å². The Labute approximate surface area is 315 Å². The quantitative estimate of drug-likeness (QED) is 0.177. The lowest BCUT2D eigenvalue weighted by Gasteiger charge is -2.30. The number of pyridine rings is 1. The molecule has 54 heavy (non-hydrogen) atoms. The lowest BCUT2D eigenvalue weighted by Crippen LogP contribution is -2.58. The summed E-state index contributed by atoms with van der Waals surface area (Å²) in [7, 11) is -2.40. The van der Waals surface area contributed by atoms with Crippen molar-refractivity contribution in [2.45, 2.75) is 108 Å². The minimum Gasteiger partial charge on any atom is -0.497 e. The number of nitrogens with one attached hydrogen (secondary N) is 3. The zero-order chi connectivity index (χ0) is 39.6. The van der Waals surface area contributed by atoms with E-state index < -0.39 is 74.3 Å². The summed E-state index contributed by atoms with van der Waals surface area (Å²) in [4.78, 5) is 73.6. The highest BCUT2D eigenvalue weighted by molar-refractivity contribution is 7.91. The molecular weight excluding hydrogens is 719 g/mol. The number of alkyl carbamates (subject to hydrolysis) is 1. The molecule has 5 atom stereocenters. The molecule has 3 fully saturated rings. The Morgan fingerprint density at radius 3 is 2.46 bits per heavy atom. The molecule has 2 heterocycles. The number of ether oxygens (including phenoxy) is 3. The minimum atomic E-state index is -3.93. The van der Waals surface area contributed by atoms with Crippen LogP contribution in [0.3, 0.4) is 0 Å². The summed E-state index contributed by atoms with van der Waals surface area (Å²) in [5.41, 5.74) is -1.74. The normalized spacial score (nSPS) is 22.7. The van der Waals surface area contributed by atoms with Gasteiger partial charge in [0.1, 0.15) is 35.1 Å². The average Bonchev–Trinajstić information content (AvgIpc) is 4.02. The van der Waals surface area contributed by atoms with Gasteiger partial charge >= 0.3 is 6.09 Å². The molecule has 1 aromatic carbocycles. The molecule has 2 aromatic rings. The van der Waals surface area contributed by atoms with Crippen LogP contribution in [-0.2, 0) is 33.9 Å². The Hall–Kier alpha value is -4.99. The van der Waals surface area contributed by atoms with Crippen molar-refractivity contribution in [1.82, 2.24) is 25.2 Å². The standard InChI is InChI=1S/C38H49N5O10S/c1-8-24-20-38(24,35(47)42-54(49,50)28-12-13-28)41-32(45)31-19-27(52-33-29-18-26(51-7)11-9-23(29)15-16-39-33)21-43(31)34(46)30(14-10-25(44)17-22(2)3)40-36(48)53-37(4,5)6/h8-9,11,15-18,24,27-28,30-31H,1,10,12-14,19-21H2,2-7H3,(H,40,48)(H,41,45)(H,42,47)/t24-,27-,30+,31+,38-/m1/s1. The van der Waals surface area contributed by atoms with E-state index in [2.05, 4.69) is 26.9 Å². The van der Waals surface area contributed by atoms with Crippen LogP contribution < -0.4 is 24.8 Å². The van der Waals surface area contributed by atoms with Crippen LogP contribution in [0.1, 0.15) is 73.1 Å². The summed E-state index contributed by atoms with van der Waals surface area (Å²) in [6.45, 7) is 12.1. The topological polar surface area (TPSA) is 199 Å². The van der Waals surface area contributed by atoms with Gasteiger partial charge < -0.3 is 29.7 Å². The molecule has 292 valence electrons. The van der Waals surface area contributed by atoms with E-state index in [1.807, 2.05) is 6.07 Å². The summed E-state index contributed by atoms with van der Waals surface area (Å²) in [6, 6.07) is 4.66. The number of methoxy groups -OCH3 is 1. The molecule has 1 aromatic heterocycles. The Morgan fingerprint density at radius 1 is 1.13 bits per heavy atom. The zero-order valence-corrected chi connectivity index (χ0v) is 32.3. The van der Waals surface area contributed by atoms with Gasteiger partial charge in [0.15, 0.2) is 5.78 Å². The SMILES string of the molecule is C=C[C@@H]1C[C@]1(NC(=O)[C@@H]1C[C@@H](Oc2nccc3ccc(OC)cc23)CN1C(=O)[C@H](CCC(=O)C=C(C)C)NC(=O)OC(C)(C)C)C(=O)NS(=O)(=O)C1CC1. The third-order valence-electron chi connectivity index (χ3n) is 9.43. The van der Waals surface area contributed by atoms with Crippen LogP contribution in [0.2, 0.25) is 0 Å². The molecule has 2 aliphatic carbocycles. The molecule has 15 nitrogen and oxygen atoms in total. The number of nitrogens with zero attached hydrogens (tertiary/aromatic N) is 2. The monoisotopic (exact) mass is 767 g/mol. The number of allylic oxidation sites excluding steroid dienone is 2. The summed E-state index contributed by atoms with van der Waals surface area (Å²) < 4.78 is 44.7. The average molecular weight is 768 g/mol. The number of aromatic nitrogens is 1. The van der Waals surface area contributed by atoms with Crippen molar-refractivity contribution in [2.75, 3.05) is 13.7 Å². The molecule has 3 N–H and O–H groups in total. The maximum absolute atomic E-state index is 14.5. The van der Waals surface area contributed by atoms with Gasteiger partial charge in [0.2, 0.25) is 27.7 Å². The molecule has 0 unspecified atom stereocenters. The van der Waals surface area contributed by atoms with Crippen LogP contribution in [0, 0.1) is 5.92 Å². The molecule has 1 aliphatic heterocycles. The number of carbonyl (C=O) groups excluding carboxylic acids is 5. The second-order valence-electron chi connectivity index (χ2n) is 15.3. The van der Waals surface area contributed by atoms with Gasteiger partial charge in [0, 0.05) is 30.3 Å². The molecule has 16 heteroatoms. The molecule has 3 aliphatic rings. The van der Waals surface area contributed by atoms with Crippen molar-refractivity contribution in [3.05, 3.63) is 54.8 Å². The maximum Gasteiger partial charge on any atom is 0.408 e. The molecular formula is C38H49N5O10S. The molecule has 0 spiro atoms. The fourth-order valence-electron chi connectivity index (χ4n) is 6.48. The van der Waals surface area contributed by atoms with Gasteiger partial charge in [-0.05, 0) is 90.0 Å². The number of likely N-dealkylation sites (tertiary alicyclic amines) is 1. The zero-order valence-electron chi connectivity index (χ0n) is 31.5. The largest absolute Gasteiger partial charge is 0.497 e. The first kappa shape index (κ1) is 40.2. The first-order valence-electron chi connectivity index (χ1n) is 17.9. The second kappa shape index (κ2) is 15.8. The summed E-state index contributed by atoms with van der Waals surface area (Å²) >= 11 is 0. The van der Waals surface area contributed by atoms with E-state index >= 15 is 0 Å². The number of ketones is 1. The lowest BCUT2D eigenvalue weighted by molar-refractivity contribution is -0.141. The molecule has 5 rings (SSSR count). The number of hydrogen-bond acceptors (Lipinski definition) is 11. The van der Waals surface area contributed by atoms with Gasteiger partial charge in [-0.1, -0.05) is 17.7 Å². The fourth-order valence-corrected chi connectivity index (χ4v) is 7.85. The highest BCUT2D eigenvalue weighted by atomic mass is 32.2. The molecule has 0 radical (unpaired) electrons. The first-order chi connectivity index (χ1) is 25.4. The van der Waals surface area contributed by atoms with E-state index in [0.717, 1.165) is 11.0 Å². The molecule has 2 saturated carbocycles. The predicted octanol–water partition coefficient (Wildman–Crippen LogP) is 3.47. The highest BCUT2D eigenvalue weighted by Crippen LogP contribution is 2.45. The van der Waals surface area contributed by atoms with Gasteiger partial charge in [0.05, 0.1) is 18.9 Å². The van der Waals surface area contributed by atoms with Crippen LogP contribution in [0.5, 0.6) is 11.6 Å². The van der Waals surface area contributed by atoms with E-state index in [-0.39, 0.29) is 43.9 Å². The van der Waals surface area contributed by atoms with E-state index in [1.54, 1.807) is 59.0 Å². The number of rotatable bonds is 15. The second-order valence-corrected chi connectivity index (χ2v) is 17.3. The molecule has 4 amide bonds. The van der Waals surface area contributed by atoms with Crippen LogP contribution in [0.15, 0.2) is 54.8 Å². The van der Waals surface area contributed by atoms with Gasteiger partial charge in [-0.15, -0.1) is 6.58 Å². The minimum absolute atomic E-state index is 0.0493. The van der Waals surface area contributed by atoms with Crippen LogP contribution in [0.4, 0.5) is 4.79 Å². The van der Waals surface area contributed by atoms with Crippen molar-refractivity contribution in [3.63, 3.8) is 0 Å². The Balaban J connectivity index is 1.46. The predicted molar refractivity (Wildman–Crippen MR) is 199 cm³/mol. The van der Waals surface area contributed by atoms with Crippen LogP contribution >= 0.6 is 0 Å². The summed E-state index contributed by atoms with van der Waals surface area (Å²) in [5.74, 6) is -2.33. The third-order valence-corrected chi connectivity index (χ3v) is 11.2. The molecule has 1 saturated heterocycles. The van der Waals surface area contributed by atoms with Crippen molar-refractivity contribution in [3.8, 4) is 11.6 Å². The summed E-state index contributed by atoms with van der Waals surface area (Å²) in [6.07, 6.45) is 3.52. The van der Waals surface area contributed by atoms with Crippen LogP contribution in [-0.4, -0.2) is 96.1 Å². The third kappa shape index (κ3) is 9.56. The summed E-state index contributed by atoms with van der Waals surface area (Å²) in [5, 5.41) is 6.10. The van der Waals surface area contributed by atoms with Crippen molar-refractivity contribution in [2.24, 2.45) is 5.92 Å². The maximum atomic E-state index is 14.5. The van der Waals surface area contributed by atoms with Gasteiger partial charge in [0.25, 0.3) is 5.91 Å². The van der Waals surface area contributed by atoms with Gasteiger partial charge in [-0.2, -0.15) is 0 Å². The van der Waals surface area contributed by atoms with Crippen LogP contribution in [0.25, 0.3) is 10.8 Å². The first-order valence-corrected chi connectivity index (χ1v) is 19.5. The Bertz CT molecular complexity index is 1970. The van der Waals surface area contributed by atoms with E-state index in [1.165, 1.54) is 24.2 Å². The number of carbonyl (C=O) groups is 5. The van der Waals surface area contributed by atoms with E-state index in [4.69, 9.17) is 14.2 Å². The Morgan fingerprint density at radius 2 is 1.85 bits per heavy atom. The fraction of sp³-hybridized carbons (Fsp3) is 0.526.